The highest BCUT2D eigenvalue weighted by Crippen LogP contribution is 2.35. The van der Waals surface area contributed by atoms with Crippen LogP contribution in [0.15, 0.2) is 93.2 Å². The van der Waals surface area contributed by atoms with Crippen LogP contribution in [0.5, 0.6) is 5.75 Å². The van der Waals surface area contributed by atoms with E-state index in [0.29, 0.717) is 17.9 Å². The van der Waals surface area contributed by atoms with Crippen molar-refractivity contribution >= 4 is 54.8 Å². The maximum Gasteiger partial charge on any atom is 0.272 e. The molecule has 0 aliphatic heterocycles. The third-order valence-electron chi connectivity index (χ3n) is 4.58. The Kier molecular flexibility index (Phi) is 6.74. The molecule has 0 saturated carbocycles. The minimum atomic E-state index is -0.322. The van der Waals surface area contributed by atoms with Gasteiger partial charge in [0.15, 0.2) is 0 Å². The number of fused-ring (bicyclic) bond motifs is 1. The number of nitrogens with one attached hydrogen (secondary N) is 1. The number of rotatable bonds is 6. The number of pyridine rings is 1. The van der Waals surface area contributed by atoms with Gasteiger partial charge in [0.2, 0.25) is 0 Å². The van der Waals surface area contributed by atoms with Gasteiger partial charge in [-0.3, -0.25) is 9.78 Å². The van der Waals surface area contributed by atoms with Crippen LogP contribution < -0.4 is 10.2 Å². The van der Waals surface area contributed by atoms with Crippen molar-refractivity contribution in [2.75, 3.05) is 0 Å². The lowest BCUT2D eigenvalue weighted by molar-refractivity contribution is 0.0955. The van der Waals surface area contributed by atoms with Gasteiger partial charge in [0, 0.05) is 12.4 Å². The first-order valence-electron chi connectivity index (χ1n) is 9.44. The van der Waals surface area contributed by atoms with Gasteiger partial charge in [-0.1, -0.05) is 42.5 Å². The number of ether oxygens (including phenoxy) is 1. The normalized spacial score (nSPS) is 11.0. The molecule has 0 spiro atoms. The van der Waals surface area contributed by atoms with Crippen molar-refractivity contribution in [3.8, 4) is 5.75 Å². The topological polar surface area (TPSA) is 63.6 Å². The van der Waals surface area contributed by atoms with E-state index in [1.807, 2.05) is 30.3 Å². The molecule has 0 aliphatic carbocycles. The lowest BCUT2D eigenvalue weighted by Gasteiger charge is -2.13. The Morgan fingerprint density at radius 2 is 1.81 bits per heavy atom. The standard InChI is InChI=1S/C24H17Br2N3O2/c25-21-11-16(13-28-29-24(30)18-8-4-10-27-14-18)12-22(26)23(21)31-15-19-7-3-6-17-5-1-2-9-20(17)19/h1-14H,15H2,(H,29,30)/b28-13-. The fourth-order valence-corrected chi connectivity index (χ4v) is 4.54. The Morgan fingerprint density at radius 3 is 2.58 bits per heavy atom. The van der Waals surface area contributed by atoms with Crippen LogP contribution in [0.25, 0.3) is 10.8 Å². The van der Waals surface area contributed by atoms with Crippen molar-refractivity contribution in [3.05, 3.63) is 105 Å². The fourth-order valence-electron chi connectivity index (χ4n) is 3.09. The van der Waals surface area contributed by atoms with Gasteiger partial charge >= 0.3 is 0 Å². The maximum atomic E-state index is 12.0. The molecule has 0 fully saturated rings. The van der Waals surface area contributed by atoms with Crippen LogP contribution in [0.3, 0.4) is 0 Å². The average Bonchev–Trinajstić information content (AvgIpc) is 2.79. The summed E-state index contributed by atoms with van der Waals surface area (Å²) in [6.07, 6.45) is 4.66. The summed E-state index contributed by atoms with van der Waals surface area (Å²) in [6, 6.07) is 21.6. The lowest BCUT2D eigenvalue weighted by atomic mass is 10.1. The summed E-state index contributed by atoms with van der Waals surface area (Å²) in [5.41, 5.74) is 4.84. The van der Waals surface area contributed by atoms with E-state index in [-0.39, 0.29) is 5.91 Å². The zero-order chi connectivity index (χ0) is 21.6. The van der Waals surface area contributed by atoms with E-state index in [4.69, 9.17) is 4.74 Å². The van der Waals surface area contributed by atoms with Crippen LogP contribution >= 0.6 is 31.9 Å². The van der Waals surface area contributed by atoms with E-state index in [2.05, 4.69) is 71.6 Å². The minimum Gasteiger partial charge on any atom is -0.487 e. The van der Waals surface area contributed by atoms with Gasteiger partial charge in [-0.2, -0.15) is 5.10 Å². The van der Waals surface area contributed by atoms with Gasteiger partial charge in [-0.05, 0) is 78.0 Å². The van der Waals surface area contributed by atoms with Gasteiger partial charge in [0.25, 0.3) is 5.91 Å². The van der Waals surface area contributed by atoms with Crippen LogP contribution in [-0.4, -0.2) is 17.1 Å². The van der Waals surface area contributed by atoms with Crippen molar-refractivity contribution in [3.63, 3.8) is 0 Å². The van der Waals surface area contributed by atoms with Crippen molar-refractivity contribution in [2.24, 2.45) is 5.10 Å². The van der Waals surface area contributed by atoms with E-state index < -0.39 is 0 Å². The van der Waals surface area contributed by atoms with Crippen molar-refractivity contribution in [2.45, 2.75) is 6.61 Å². The number of amides is 1. The van der Waals surface area contributed by atoms with Crippen molar-refractivity contribution in [1.29, 1.82) is 0 Å². The van der Waals surface area contributed by atoms with Crippen LogP contribution in [0.4, 0.5) is 0 Å². The molecule has 1 heterocycles. The van der Waals surface area contributed by atoms with Gasteiger partial charge < -0.3 is 4.74 Å². The van der Waals surface area contributed by atoms with Crippen LogP contribution in [0, 0.1) is 0 Å². The monoisotopic (exact) mass is 537 g/mol. The van der Waals surface area contributed by atoms with Crippen LogP contribution in [0.2, 0.25) is 0 Å². The van der Waals surface area contributed by atoms with Crippen LogP contribution in [0.1, 0.15) is 21.5 Å². The summed E-state index contributed by atoms with van der Waals surface area (Å²) >= 11 is 7.13. The largest absolute Gasteiger partial charge is 0.487 e. The second kappa shape index (κ2) is 9.85. The summed E-state index contributed by atoms with van der Waals surface area (Å²) in [6.45, 7) is 0.438. The first-order chi connectivity index (χ1) is 15.1. The number of hydrogen-bond acceptors (Lipinski definition) is 4. The molecule has 7 heteroatoms. The molecule has 1 aromatic heterocycles. The average molecular weight is 539 g/mol. The molecule has 0 aliphatic rings. The van der Waals surface area contributed by atoms with Crippen LogP contribution in [-0.2, 0) is 6.61 Å². The molecule has 1 N–H and O–H groups in total. The number of hydrazone groups is 1. The molecule has 0 unspecified atom stereocenters. The molecule has 0 radical (unpaired) electrons. The molecule has 0 atom stereocenters. The van der Waals surface area contributed by atoms with E-state index in [9.17, 15) is 4.79 Å². The zero-order valence-electron chi connectivity index (χ0n) is 16.3. The number of hydrogen-bond donors (Lipinski definition) is 1. The number of carbonyl (C=O) groups excluding carboxylic acids is 1. The highest BCUT2D eigenvalue weighted by Gasteiger charge is 2.10. The number of aromatic nitrogens is 1. The molecule has 0 bridgehead atoms. The lowest BCUT2D eigenvalue weighted by Crippen LogP contribution is -2.17. The van der Waals surface area contributed by atoms with Gasteiger partial charge in [-0.25, -0.2) is 5.43 Å². The third kappa shape index (κ3) is 5.18. The van der Waals surface area contributed by atoms with Gasteiger partial charge in [0.1, 0.15) is 12.4 Å². The summed E-state index contributed by atoms with van der Waals surface area (Å²) in [5, 5.41) is 6.38. The second-order valence-corrected chi connectivity index (χ2v) is 8.39. The molecule has 4 rings (SSSR count). The van der Waals surface area contributed by atoms with Crippen molar-refractivity contribution in [1.82, 2.24) is 10.4 Å². The Morgan fingerprint density at radius 1 is 1.03 bits per heavy atom. The Hall–Kier alpha value is -3.03. The zero-order valence-corrected chi connectivity index (χ0v) is 19.4. The Balaban J connectivity index is 1.45. The molecule has 154 valence electrons. The van der Waals surface area contributed by atoms with E-state index in [1.54, 1.807) is 24.5 Å². The summed E-state index contributed by atoms with van der Waals surface area (Å²) < 4.78 is 7.66. The number of benzene rings is 3. The summed E-state index contributed by atoms with van der Waals surface area (Å²) in [5.74, 6) is 0.377. The quantitative estimate of drug-likeness (QED) is 0.238. The highest BCUT2D eigenvalue weighted by molar-refractivity contribution is 9.11. The van der Waals surface area contributed by atoms with Gasteiger partial charge in [0.05, 0.1) is 20.7 Å². The minimum absolute atomic E-state index is 0.322. The summed E-state index contributed by atoms with van der Waals surface area (Å²) in [7, 11) is 0. The third-order valence-corrected chi connectivity index (χ3v) is 5.75. The first-order valence-corrected chi connectivity index (χ1v) is 11.0. The number of nitrogens with zero attached hydrogens (tertiary/aromatic N) is 2. The number of carbonyl (C=O) groups is 1. The molecule has 4 aromatic rings. The molecular formula is C24H17Br2N3O2. The van der Waals surface area contributed by atoms with Gasteiger partial charge in [-0.15, -0.1) is 0 Å². The molecule has 31 heavy (non-hydrogen) atoms. The second-order valence-electron chi connectivity index (χ2n) is 6.68. The Bertz CT molecular complexity index is 1230. The van der Waals surface area contributed by atoms with E-state index in [1.165, 1.54) is 17.0 Å². The molecule has 1 amide bonds. The number of halogens is 2. The SMILES string of the molecule is O=C(N/N=C\c1cc(Br)c(OCc2cccc3ccccc23)c(Br)c1)c1cccnc1. The smallest absolute Gasteiger partial charge is 0.272 e. The van der Waals surface area contributed by atoms with Crippen molar-refractivity contribution < 1.29 is 9.53 Å². The predicted octanol–water partition coefficient (Wildman–Crippen LogP) is 6.10. The summed E-state index contributed by atoms with van der Waals surface area (Å²) in [4.78, 5) is 16.0. The van der Waals surface area contributed by atoms with E-state index >= 15 is 0 Å². The molecular weight excluding hydrogens is 522 g/mol. The highest BCUT2D eigenvalue weighted by atomic mass is 79.9. The molecule has 3 aromatic carbocycles. The molecule has 0 saturated heterocycles. The van der Waals surface area contributed by atoms with E-state index in [0.717, 1.165) is 20.1 Å². The molecule has 5 nitrogen and oxygen atoms in total. The first kappa shape index (κ1) is 21.2. The predicted molar refractivity (Wildman–Crippen MR) is 129 cm³/mol. The fraction of sp³-hybridized carbons (Fsp3) is 0.0417. The Labute approximate surface area is 196 Å². The maximum absolute atomic E-state index is 12.0.